The molecule has 0 saturated carbocycles. The normalized spacial score (nSPS) is 15.6. The molecule has 0 unspecified atom stereocenters. The van der Waals surface area contributed by atoms with E-state index in [1.54, 1.807) is 31.2 Å². The molecule has 1 aliphatic heterocycles. The van der Waals surface area contributed by atoms with Crippen LogP contribution in [0.3, 0.4) is 0 Å². The maximum absolute atomic E-state index is 12.2. The van der Waals surface area contributed by atoms with Crippen LogP contribution in [-0.2, 0) is 14.4 Å². The summed E-state index contributed by atoms with van der Waals surface area (Å²) in [5, 5.41) is 12.1. The summed E-state index contributed by atoms with van der Waals surface area (Å²) in [7, 11) is 0. The van der Waals surface area contributed by atoms with E-state index in [0.717, 1.165) is 0 Å². The van der Waals surface area contributed by atoms with Gasteiger partial charge in [0.25, 0.3) is 5.91 Å². The second-order valence-electron chi connectivity index (χ2n) is 5.44. The Bertz CT molecular complexity index is 811. The van der Waals surface area contributed by atoms with Crippen LogP contribution in [0.5, 0.6) is 0 Å². The summed E-state index contributed by atoms with van der Waals surface area (Å²) in [5.41, 5.74) is 1.21. The van der Waals surface area contributed by atoms with Gasteiger partial charge in [-0.2, -0.15) is 10.1 Å². The number of hydrogen-bond donors (Lipinski definition) is 3. The van der Waals surface area contributed by atoms with E-state index in [-0.39, 0.29) is 24.1 Å². The van der Waals surface area contributed by atoms with E-state index < -0.39 is 6.04 Å². The number of aromatic nitrogens is 3. The first kappa shape index (κ1) is 15.7. The number of nitrogens with zero attached hydrogens (tertiary/aromatic N) is 3. The van der Waals surface area contributed by atoms with E-state index in [1.807, 2.05) is 0 Å². The summed E-state index contributed by atoms with van der Waals surface area (Å²) >= 11 is 0. The fourth-order valence-corrected chi connectivity index (χ4v) is 2.44. The molecule has 1 aromatic carbocycles. The topological polar surface area (TPSA) is 118 Å². The summed E-state index contributed by atoms with van der Waals surface area (Å²) < 4.78 is 1.43. The average molecular weight is 328 g/mol. The number of fused-ring (bicyclic) bond motifs is 1. The van der Waals surface area contributed by atoms with Crippen molar-refractivity contribution in [1.82, 2.24) is 14.8 Å². The predicted molar refractivity (Wildman–Crippen MR) is 86.4 cm³/mol. The van der Waals surface area contributed by atoms with Crippen molar-refractivity contribution in [2.45, 2.75) is 26.3 Å². The van der Waals surface area contributed by atoms with Gasteiger partial charge in [-0.15, -0.1) is 0 Å². The Morgan fingerprint density at radius 2 is 1.83 bits per heavy atom. The lowest BCUT2D eigenvalue weighted by Gasteiger charge is -2.10. The third-order valence-electron chi connectivity index (χ3n) is 3.44. The molecule has 3 N–H and O–H groups in total. The minimum absolute atomic E-state index is 0.0465. The molecule has 0 aliphatic carbocycles. The van der Waals surface area contributed by atoms with Crippen LogP contribution in [-0.4, -0.2) is 32.5 Å². The third-order valence-corrected chi connectivity index (χ3v) is 3.44. The summed E-state index contributed by atoms with van der Waals surface area (Å²) in [4.78, 5) is 39.1. The lowest BCUT2D eigenvalue weighted by Crippen LogP contribution is -2.23. The first-order valence-corrected chi connectivity index (χ1v) is 7.34. The molecule has 2 heterocycles. The lowest BCUT2D eigenvalue weighted by atomic mass is 10.2. The number of amides is 3. The maximum Gasteiger partial charge on any atom is 0.252 e. The van der Waals surface area contributed by atoms with Gasteiger partial charge in [0.2, 0.25) is 17.8 Å². The zero-order chi connectivity index (χ0) is 17.3. The van der Waals surface area contributed by atoms with Gasteiger partial charge in [0, 0.05) is 18.3 Å². The van der Waals surface area contributed by atoms with Crippen molar-refractivity contribution in [2.24, 2.45) is 0 Å². The van der Waals surface area contributed by atoms with Crippen molar-refractivity contribution >= 4 is 35.0 Å². The van der Waals surface area contributed by atoms with E-state index in [2.05, 4.69) is 26.0 Å². The molecule has 0 spiro atoms. The maximum atomic E-state index is 12.2. The molecule has 2 aromatic rings. The monoisotopic (exact) mass is 328 g/mol. The van der Waals surface area contributed by atoms with Gasteiger partial charge in [-0.3, -0.25) is 19.7 Å². The van der Waals surface area contributed by atoms with E-state index in [0.29, 0.717) is 23.1 Å². The largest absolute Gasteiger partial charge is 0.326 e. The molecule has 3 rings (SSSR count). The van der Waals surface area contributed by atoms with E-state index in [9.17, 15) is 14.4 Å². The molecule has 124 valence electrons. The number of aryl methyl sites for hydroxylation is 1. The standard InChI is InChI=1S/C15H16N6O3/c1-8-16-15-19-14(24)12(21(15)20-8)7-13(23)18-11-5-3-10(4-6-11)17-9(2)22/h3-6,12H,7H2,1-2H3,(H,17,22)(H,18,23)(H,16,19,20,24)/t12-/m1/s1. The van der Waals surface area contributed by atoms with Crippen LogP contribution >= 0.6 is 0 Å². The zero-order valence-corrected chi connectivity index (χ0v) is 13.2. The molecule has 1 aliphatic rings. The lowest BCUT2D eigenvalue weighted by molar-refractivity contribution is -0.123. The highest BCUT2D eigenvalue weighted by Crippen LogP contribution is 2.25. The minimum atomic E-state index is -0.708. The fourth-order valence-electron chi connectivity index (χ4n) is 2.44. The molecule has 9 nitrogen and oxygen atoms in total. The molecule has 0 radical (unpaired) electrons. The molecule has 24 heavy (non-hydrogen) atoms. The average Bonchev–Trinajstić information content (AvgIpc) is 2.98. The van der Waals surface area contributed by atoms with Crippen molar-refractivity contribution in [2.75, 3.05) is 16.0 Å². The van der Waals surface area contributed by atoms with Crippen molar-refractivity contribution in [3.05, 3.63) is 30.1 Å². The summed E-state index contributed by atoms with van der Waals surface area (Å²) in [6.45, 7) is 3.13. The Morgan fingerprint density at radius 1 is 1.21 bits per heavy atom. The van der Waals surface area contributed by atoms with Gasteiger partial charge in [0.1, 0.15) is 11.9 Å². The molecular weight excluding hydrogens is 312 g/mol. The van der Waals surface area contributed by atoms with Crippen LogP contribution < -0.4 is 16.0 Å². The van der Waals surface area contributed by atoms with Crippen LogP contribution in [0.4, 0.5) is 17.3 Å². The first-order valence-electron chi connectivity index (χ1n) is 7.34. The number of anilines is 3. The molecule has 0 fully saturated rings. The summed E-state index contributed by atoms with van der Waals surface area (Å²) in [5.74, 6) is 0.0986. The van der Waals surface area contributed by atoms with E-state index >= 15 is 0 Å². The van der Waals surface area contributed by atoms with Gasteiger partial charge < -0.3 is 10.6 Å². The van der Waals surface area contributed by atoms with Gasteiger partial charge in [0.05, 0.1) is 6.42 Å². The highest BCUT2D eigenvalue weighted by atomic mass is 16.2. The first-order chi connectivity index (χ1) is 11.4. The number of benzene rings is 1. The molecule has 3 amide bonds. The Balaban J connectivity index is 1.63. The van der Waals surface area contributed by atoms with Crippen LogP contribution in [0, 0.1) is 6.92 Å². The van der Waals surface area contributed by atoms with Gasteiger partial charge >= 0.3 is 0 Å². The Hall–Kier alpha value is -3.23. The number of carbonyl (C=O) groups excluding carboxylic acids is 3. The van der Waals surface area contributed by atoms with Crippen LogP contribution in [0.1, 0.15) is 25.2 Å². The Kier molecular flexibility index (Phi) is 3.98. The van der Waals surface area contributed by atoms with Crippen molar-refractivity contribution in [1.29, 1.82) is 0 Å². The van der Waals surface area contributed by atoms with E-state index in [1.165, 1.54) is 11.6 Å². The summed E-state index contributed by atoms with van der Waals surface area (Å²) in [6, 6.07) is 5.99. The van der Waals surface area contributed by atoms with Gasteiger partial charge in [0.15, 0.2) is 0 Å². The van der Waals surface area contributed by atoms with Crippen molar-refractivity contribution in [3.8, 4) is 0 Å². The van der Waals surface area contributed by atoms with Crippen molar-refractivity contribution < 1.29 is 14.4 Å². The molecular formula is C15H16N6O3. The minimum Gasteiger partial charge on any atom is -0.326 e. The molecule has 1 atom stereocenters. The molecule has 1 aromatic heterocycles. The highest BCUT2D eigenvalue weighted by Gasteiger charge is 2.34. The van der Waals surface area contributed by atoms with E-state index in [4.69, 9.17) is 0 Å². The zero-order valence-electron chi connectivity index (χ0n) is 13.2. The van der Waals surface area contributed by atoms with Crippen LogP contribution in [0.15, 0.2) is 24.3 Å². The number of rotatable bonds is 4. The smallest absolute Gasteiger partial charge is 0.252 e. The number of carbonyl (C=O) groups is 3. The van der Waals surface area contributed by atoms with Gasteiger partial charge in [-0.05, 0) is 31.2 Å². The number of hydrogen-bond acceptors (Lipinski definition) is 5. The molecule has 0 saturated heterocycles. The molecule has 0 bridgehead atoms. The Morgan fingerprint density at radius 3 is 2.46 bits per heavy atom. The quantitative estimate of drug-likeness (QED) is 0.776. The van der Waals surface area contributed by atoms with Gasteiger partial charge in [-0.25, -0.2) is 4.68 Å². The van der Waals surface area contributed by atoms with Gasteiger partial charge in [-0.1, -0.05) is 0 Å². The third kappa shape index (κ3) is 3.24. The summed E-state index contributed by atoms with van der Waals surface area (Å²) in [6.07, 6.45) is -0.0465. The molecule has 9 heteroatoms. The second kappa shape index (κ2) is 6.11. The fraction of sp³-hybridized carbons (Fsp3) is 0.267. The van der Waals surface area contributed by atoms with Crippen LogP contribution in [0.25, 0.3) is 0 Å². The number of nitrogens with one attached hydrogen (secondary N) is 3. The predicted octanol–water partition coefficient (Wildman–Crippen LogP) is 1.07. The van der Waals surface area contributed by atoms with Crippen LogP contribution in [0.2, 0.25) is 0 Å². The second-order valence-corrected chi connectivity index (χ2v) is 5.44. The van der Waals surface area contributed by atoms with Crippen molar-refractivity contribution in [3.63, 3.8) is 0 Å². The SMILES string of the molecule is CC(=O)Nc1ccc(NC(=O)C[C@@H]2C(=O)Nc3nc(C)nn32)cc1. The Labute approximate surface area is 137 Å². The highest BCUT2D eigenvalue weighted by molar-refractivity contribution is 6.01.